The Bertz CT molecular complexity index is 658. The minimum absolute atomic E-state index is 0. The highest BCUT2D eigenvalue weighted by Gasteiger charge is 2.28. The highest BCUT2D eigenvalue weighted by molar-refractivity contribution is 6.30. The van der Waals surface area contributed by atoms with Crippen LogP contribution in [0, 0.1) is 0 Å². The van der Waals surface area contributed by atoms with Crippen molar-refractivity contribution in [1.29, 1.82) is 0 Å². The lowest BCUT2D eigenvalue weighted by Crippen LogP contribution is -2.44. The molecule has 1 atom stereocenters. The molecule has 2 heterocycles. The number of hydrogen-bond donors (Lipinski definition) is 1. The SMILES string of the molecule is Cl.O=C(O)C1CCCCN1Cc1coc(-c2ccc(Cl)cc2)n1. The monoisotopic (exact) mass is 356 g/mol. The van der Waals surface area contributed by atoms with Gasteiger partial charge in [-0.1, -0.05) is 18.0 Å². The van der Waals surface area contributed by atoms with Crippen molar-refractivity contribution < 1.29 is 14.3 Å². The molecule has 1 saturated heterocycles. The number of carbonyl (C=O) groups is 1. The molecule has 1 aliphatic rings. The molecule has 1 fully saturated rings. The summed E-state index contributed by atoms with van der Waals surface area (Å²) in [5.74, 6) is -0.239. The number of aliphatic carboxylic acids is 1. The average molecular weight is 357 g/mol. The molecule has 0 spiro atoms. The van der Waals surface area contributed by atoms with Gasteiger partial charge < -0.3 is 9.52 Å². The molecule has 7 heteroatoms. The Morgan fingerprint density at radius 3 is 2.78 bits per heavy atom. The molecule has 0 bridgehead atoms. The molecule has 124 valence electrons. The van der Waals surface area contributed by atoms with Crippen molar-refractivity contribution in [3.8, 4) is 11.5 Å². The molecular weight excluding hydrogens is 339 g/mol. The molecule has 2 aromatic rings. The van der Waals surface area contributed by atoms with E-state index in [2.05, 4.69) is 4.98 Å². The highest BCUT2D eigenvalue weighted by Crippen LogP contribution is 2.23. The molecule has 3 rings (SSSR count). The number of nitrogens with zero attached hydrogens (tertiary/aromatic N) is 2. The minimum atomic E-state index is -0.763. The van der Waals surface area contributed by atoms with E-state index in [-0.39, 0.29) is 12.4 Å². The van der Waals surface area contributed by atoms with Gasteiger partial charge in [0.25, 0.3) is 0 Å². The minimum Gasteiger partial charge on any atom is -0.480 e. The van der Waals surface area contributed by atoms with Crippen LogP contribution in [-0.2, 0) is 11.3 Å². The quantitative estimate of drug-likeness (QED) is 0.900. The van der Waals surface area contributed by atoms with Crippen LogP contribution in [0.3, 0.4) is 0 Å². The van der Waals surface area contributed by atoms with E-state index >= 15 is 0 Å². The Labute approximate surface area is 145 Å². The third-order valence-electron chi connectivity index (χ3n) is 3.91. The molecule has 1 unspecified atom stereocenters. The Balaban J connectivity index is 0.00000192. The van der Waals surface area contributed by atoms with E-state index in [4.69, 9.17) is 16.0 Å². The van der Waals surface area contributed by atoms with Crippen LogP contribution in [0.25, 0.3) is 11.5 Å². The smallest absolute Gasteiger partial charge is 0.320 e. The van der Waals surface area contributed by atoms with Crippen molar-refractivity contribution >= 4 is 30.0 Å². The van der Waals surface area contributed by atoms with E-state index in [0.29, 0.717) is 23.9 Å². The summed E-state index contributed by atoms with van der Waals surface area (Å²) in [4.78, 5) is 17.7. The molecule has 23 heavy (non-hydrogen) atoms. The number of hydrogen-bond acceptors (Lipinski definition) is 4. The van der Waals surface area contributed by atoms with E-state index in [1.165, 1.54) is 0 Å². The van der Waals surface area contributed by atoms with Gasteiger partial charge in [-0.05, 0) is 43.7 Å². The molecule has 0 amide bonds. The first-order valence-electron chi connectivity index (χ1n) is 7.30. The molecular formula is C16H18Cl2N2O3. The van der Waals surface area contributed by atoms with Gasteiger partial charge in [0.2, 0.25) is 5.89 Å². The van der Waals surface area contributed by atoms with Crippen molar-refractivity contribution in [1.82, 2.24) is 9.88 Å². The topological polar surface area (TPSA) is 66.6 Å². The van der Waals surface area contributed by atoms with Crippen LogP contribution in [0.2, 0.25) is 5.02 Å². The number of halogens is 2. The van der Waals surface area contributed by atoms with E-state index < -0.39 is 12.0 Å². The summed E-state index contributed by atoms with van der Waals surface area (Å²) in [6, 6.07) is 6.83. The molecule has 1 N–H and O–H groups in total. The highest BCUT2D eigenvalue weighted by atomic mass is 35.5. The number of carboxylic acid groups (broad SMARTS) is 1. The van der Waals surface area contributed by atoms with Gasteiger partial charge in [-0.2, -0.15) is 0 Å². The fourth-order valence-electron chi connectivity index (χ4n) is 2.77. The normalized spacial score (nSPS) is 18.4. The maximum Gasteiger partial charge on any atom is 0.320 e. The van der Waals surface area contributed by atoms with E-state index in [9.17, 15) is 9.90 Å². The number of likely N-dealkylation sites (tertiary alicyclic amines) is 1. The third-order valence-corrected chi connectivity index (χ3v) is 4.16. The van der Waals surface area contributed by atoms with Gasteiger partial charge >= 0.3 is 5.97 Å². The van der Waals surface area contributed by atoms with Gasteiger partial charge in [0.1, 0.15) is 12.3 Å². The summed E-state index contributed by atoms with van der Waals surface area (Å²) in [6.45, 7) is 1.27. The van der Waals surface area contributed by atoms with E-state index in [0.717, 1.165) is 30.6 Å². The van der Waals surface area contributed by atoms with Gasteiger partial charge in [-0.3, -0.25) is 9.69 Å². The maximum absolute atomic E-state index is 11.3. The fourth-order valence-corrected chi connectivity index (χ4v) is 2.90. The zero-order valence-electron chi connectivity index (χ0n) is 12.4. The number of aromatic nitrogens is 1. The van der Waals surface area contributed by atoms with E-state index in [1.54, 1.807) is 18.4 Å². The standard InChI is InChI=1S/C16H17ClN2O3.ClH/c17-12-6-4-11(5-7-12)15-18-13(10-22-15)9-19-8-2-1-3-14(19)16(20)21;/h4-7,10,14H,1-3,8-9H2,(H,20,21);1H. The molecule has 0 radical (unpaired) electrons. The van der Waals surface area contributed by atoms with Crippen LogP contribution in [0.4, 0.5) is 0 Å². The number of rotatable bonds is 4. The summed E-state index contributed by atoms with van der Waals surface area (Å²) in [7, 11) is 0. The summed E-state index contributed by atoms with van der Waals surface area (Å²) in [6.07, 6.45) is 4.27. The van der Waals surface area contributed by atoms with Crippen molar-refractivity contribution in [3.05, 3.63) is 41.2 Å². The number of piperidine rings is 1. The first-order valence-corrected chi connectivity index (χ1v) is 7.68. The van der Waals surface area contributed by atoms with Crippen LogP contribution < -0.4 is 0 Å². The summed E-state index contributed by atoms with van der Waals surface area (Å²) in [5, 5.41) is 9.96. The number of carboxylic acids is 1. The van der Waals surface area contributed by atoms with Crippen molar-refractivity contribution in [2.45, 2.75) is 31.8 Å². The molecule has 1 aromatic heterocycles. The number of benzene rings is 1. The van der Waals surface area contributed by atoms with Gasteiger partial charge in [-0.25, -0.2) is 4.98 Å². The Hall–Kier alpha value is -1.56. The van der Waals surface area contributed by atoms with Gasteiger partial charge in [0.05, 0.1) is 5.69 Å². The first-order chi connectivity index (χ1) is 10.6. The molecule has 0 aliphatic carbocycles. The lowest BCUT2D eigenvalue weighted by molar-refractivity contribution is -0.144. The lowest BCUT2D eigenvalue weighted by Gasteiger charge is -2.31. The fraction of sp³-hybridized carbons (Fsp3) is 0.375. The van der Waals surface area contributed by atoms with Crippen molar-refractivity contribution in [2.24, 2.45) is 0 Å². The molecule has 0 saturated carbocycles. The molecule has 1 aromatic carbocycles. The zero-order chi connectivity index (χ0) is 15.5. The first kappa shape index (κ1) is 17.8. The van der Waals surface area contributed by atoms with Gasteiger partial charge in [0, 0.05) is 17.1 Å². The van der Waals surface area contributed by atoms with E-state index in [1.807, 2.05) is 17.0 Å². The second-order valence-corrected chi connectivity index (χ2v) is 5.91. The van der Waals surface area contributed by atoms with Gasteiger partial charge in [0.15, 0.2) is 0 Å². The van der Waals surface area contributed by atoms with Crippen molar-refractivity contribution in [2.75, 3.05) is 6.54 Å². The Morgan fingerprint density at radius 1 is 1.35 bits per heavy atom. The average Bonchev–Trinajstić information content (AvgIpc) is 2.97. The van der Waals surface area contributed by atoms with Crippen LogP contribution in [0.1, 0.15) is 25.0 Å². The predicted octanol–water partition coefficient (Wildman–Crippen LogP) is 3.86. The van der Waals surface area contributed by atoms with Crippen LogP contribution in [-0.4, -0.2) is 33.5 Å². The van der Waals surface area contributed by atoms with Crippen LogP contribution in [0.5, 0.6) is 0 Å². The summed E-state index contributed by atoms with van der Waals surface area (Å²) >= 11 is 5.87. The second kappa shape index (κ2) is 7.81. The maximum atomic E-state index is 11.3. The molecule has 5 nitrogen and oxygen atoms in total. The summed E-state index contributed by atoms with van der Waals surface area (Å²) in [5.41, 5.74) is 1.60. The summed E-state index contributed by atoms with van der Waals surface area (Å²) < 4.78 is 5.50. The lowest BCUT2D eigenvalue weighted by atomic mass is 10.0. The zero-order valence-corrected chi connectivity index (χ0v) is 14.0. The largest absolute Gasteiger partial charge is 0.480 e. The third kappa shape index (κ3) is 4.25. The van der Waals surface area contributed by atoms with Crippen LogP contribution >= 0.6 is 24.0 Å². The number of oxazole rings is 1. The molecule has 1 aliphatic heterocycles. The Kier molecular flexibility index (Phi) is 6.04. The second-order valence-electron chi connectivity index (χ2n) is 5.47. The van der Waals surface area contributed by atoms with Gasteiger partial charge in [-0.15, -0.1) is 12.4 Å². The Morgan fingerprint density at radius 2 is 2.09 bits per heavy atom. The predicted molar refractivity (Wildman–Crippen MR) is 89.9 cm³/mol. The van der Waals surface area contributed by atoms with Crippen LogP contribution in [0.15, 0.2) is 34.9 Å². The van der Waals surface area contributed by atoms with Crippen molar-refractivity contribution in [3.63, 3.8) is 0 Å².